The van der Waals surface area contributed by atoms with E-state index in [0.29, 0.717) is 0 Å². The van der Waals surface area contributed by atoms with Gasteiger partial charge in [-0.2, -0.15) is 0 Å². The zero-order chi connectivity index (χ0) is 8.36. The standard InChI is InChI=1S/C10H20Br/c1-2-3-4-5-6-7-8-9-10-11/h9H,2-8,10H2,1H3. The van der Waals surface area contributed by atoms with Crippen LogP contribution in [-0.2, 0) is 0 Å². The van der Waals surface area contributed by atoms with Crippen LogP contribution in [0.1, 0.15) is 51.9 Å². The van der Waals surface area contributed by atoms with Crippen LogP contribution in [0.25, 0.3) is 0 Å². The fourth-order valence-electron chi connectivity index (χ4n) is 1.15. The Morgan fingerprint density at radius 2 is 1.64 bits per heavy atom. The molecule has 0 nitrogen and oxygen atoms in total. The Bertz CT molecular complexity index is 53.9. The molecule has 11 heavy (non-hydrogen) atoms. The van der Waals surface area contributed by atoms with Gasteiger partial charge in [0.2, 0.25) is 0 Å². The fraction of sp³-hybridized carbons (Fsp3) is 0.900. The Balaban J connectivity index is 2.69. The normalized spacial score (nSPS) is 10.4. The molecule has 0 aromatic rings. The van der Waals surface area contributed by atoms with Crippen LogP contribution in [0.5, 0.6) is 0 Å². The minimum atomic E-state index is 1.06. The molecule has 0 saturated carbocycles. The fourth-order valence-corrected chi connectivity index (χ4v) is 1.47. The van der Waals surface area contributed by atoms with Gasteiger partial charge >= 0.3 is 0 Å². The summed E-state index contributed by atoms with van der Waals surface area (Å²) in [6.07, 6.45) is 12.0. The lowest BCUT2D eigenvalue weighted by molar-refractivity contribution is 0.606. The second kappa shape index (κ2) is 10.5. The van der Waals surface area contributed by atoms with Crippen molar-refractivity contribution in [3.63, 3.8) is 0 Å². The number of unbranched alkanes of at least 4 members (excludes halogenated alkanes) is 7. The Labute approximate surface area is 79.9 Å². The first-order valence-corrected chi connectivity index (χ1v) is 5.91. The van der Waals surface area contributed by atoms with E-state index in [2.05, 4.69) is 29.3 Å². The highest BCUT2D eigenvalue weighted by atomic mass is 79.9. The number of rotatable bonds is 8. The van der Waals surface area contributed by atoms with E-state index in [0.717, 1.165) is 5.33 Å². The van der Waals surface area contributed by atoms with Crippen molar-refractivity contribution < 1.29 is 0 Å². The largest absolute Gasteiger partial charge is 0.0925 e. The van der Waals surface area contributed by atoms with E-state index in [9.17, 15) is 0 Å². The van der Waals surface area contributed by atoms with E-state index in [1.165, 1.54) is 44.9 Å². The lowest BCUT2D eigenvalue weighted by atomic mass is 10.1. The van der Waals surface area contributed by atoms with Crippen molar-refractivity contribution in [1.82, 2.24) is 0 Å². The topological polar surface area (TPSA) is 0 Å². The molecule has 0 aromatic heterocycles. The lowest BCUT2D eigenvalue weighted by Crippen LogP contribution is -1.81. The Morgan fingerprint density at radius 1 is 1.00 bits per heavy atom. The van der Waals surface area contributed by atoms with E-state index in [-0.39, 0.29) is 0 Å². The summed E-state index contributed by atoms with van der Waals surface area (Å²) < 4.78 is 0. The monoisotopic (exact) mass is 219 g/mol. The highest BCUT2D eigenvalue weighted by Gasteiger charge is 1.89. The highest BCUT2D eigenvalue weighted by molar-refractivity contribution is 9.09. The number of halogens is 1. The first kappa shape index (κ1) is 11.5. The molecule has 1 radical (unpaired) electrons. The van der Waals surface area contributed by atoms with E-state index in [4.69, 9.17) is 0 Å². The molecule has 0 spiro atoms. The average Bonchev–Trinajstić information content (AvgIpc) is 2.03. The third kappa shape index (κ3) is 10.5. The molecule has 67 valence electrons. The SMILES string of the molecule is CCCCCCCC[CH]CBr. The van der Waals surface area contributed by atoms with Crippen molar-refractivity contribution in [2.75, 3.05) is 5.33 Å². The minimum Gasteiger partial charge on any atom is -0.0925 e. The van der Waals surface area contributed by atoms with Crippen molar-refractivity contribution >= 4 is 15.9 Å². The first-order chi connectivity index (χ1) is 5.41. The second-order valence-corrected chi connectivity index (χ2v) is 3.65. The van der Waals surface area contributed by atoms with Crippen molar-refractivity contribution in [3.05, 3.63) is 6.42 Å². The van der Waals surface area contributed by atoms with Crippen LogP contribution in [-0.4, -0.2) is 5.33 Å². The van der Waals surface area contributed by atoms with Gasteiger partial charge in [-0.05, 0) is 12.8 Å². The Morgan fingerprint density at radius 3 is 2.27 bits per heavy atom. The number of hydrogen-bond donors (Lipinski definition) is 0. The molecule has 0 amide bonds. The van der Waals surface area contributed by atoms with Gasteiger partial charge in [0, 0.05) is 5.33 Å². The molecule has 0 rings (SSSR count). The van der Waals surface area contributed by atoms with Crippen LogP contribution in [0.3, 0.4) is 0 Å². The second-order valence-electron chi connectivity index (χ2n) is 3.00. The zero-order valence-electron chi connectivity index (χ0n) is 7.61. The smallest absolute Gasteiger partial charge is 0.00626 e. The Hall–Kier alpha value is 0.480. The molecule has 0 unspecified atom stereocenters. The van der Waals surface area contributed by atoms with E-state index >= 15 is 0 Å². The van der Waals surface area contributed by atoms with Crippen molar-refractivity contribution in [2.24, 2.45) is 0 Å². The molecule has 0 aliphatic rings. The summed E-state index contributed by atoms with van der Waals surface area (Å²) in [4.78, 5) is 0. The maximum atomic E-state index is 3.39. The van der Waals surface area contributed by atoms with Gasteiger partial charge in [0.1, 0.15) is 0 Å². The third-order valence-corrected chi connectivity index (χ3v) is 2.33. The quantitative estimate of drug-likeness (QED) is 0.421. The summed E-state index contributed by atoms with van der Waals surface area (Å²) >= 11 is 3.39. The number of hydrogen-bond acceptors (Lipinski definition) is 0. The van der Waals surface area contributed by atoms with Gasteiger partial charge in [-0.25, -0.2) is 0 Å². The van der Waals surface area contributed by atoms with Gasteiger partial charge in [-0.15, -0.1) is 0 Å². The molecule has 0 aliphatic heterocycles. The third-order valence-electron chi connectivity index (χ3n) is 1.87. The van der Waals surface area contributed by atoms with Crippen LogP contribution in [0.15, 0.2) is 0 Å². The molecule has 0 heterocycles. The van der Waals surface area contributed by atoms with Crippen molar-refractivity contribution in [2.45, 2.75) is 51.9 Å². The summed E-state index contributed by atoms with van der Waals surface area (Å²) in [6, 6.07) is 0. The van der Waals surface area contributed by atoms with Crippen LogP contribution in [0.4, 0.5) is 0 Å². The summed E-state index contributed by atoms with van der Waals surface area (Å²) in [5, 5.41) is 1.06. The molecule has 1 heteroatoms. The molecule has 0 aromatic carbocycles. The molecular weight excluding hydrogens is 200 g/mol. The van der Waals surface area contributed by atoms with E-state index in [1.807, 2.05) is 0 Å². The van der Waals surface area contributed by atoms with Crippen molar-refractivity contribution in [1.29, 1.82) is 0 Å². The predicted octanol–water partition coefficient (Wildman–Crippen LogP) is 4.34. The molecule has 0 fully saturated rings. The molecule has 0 aliphatic carbocycles. The van der Waals surface area contributed by atoms with Gasteiger partial charge < -0.3 is 0 Å². The van der Waals surface area contributed by atoms with Gasteiger partial charge in [0.15, 0.2) is 0 Å². The zero-order valence-corrected chi connectivity index (χ0v) is 9.20. The van der Waals surface area contributed by atoms with Crippen LogP contribution < -0.4 is 0 Å². The molecular formula is C10H20Br. The molecule has 0 bridgehead atoms. The minimum absolute atomic E-state index is 1.06. The van der Waals surface area contributed by atoms with E-state index < -0.39 is 0 Å². The number of alkyl halides is 1. The summed E-state index contributed by atoms with van der Waals surface area (Å²) in [7, 11) is 0. The summed E-state index contributed by atoms with van der Waals surface area (Å²) in [6.45, 7) is 2.26. The van der Waals surface area contributed by atoms with Gasteiger partial charge in [-0.1, -0.05) is 61.4 Å². The van der Waals surface area contributed by atoms with Crippen LogP contribution >= 0.6 is 15.9 Å². The molecule has 0 saturated heterocycles. The van der Waals surface area contributed by atoms with Gasteiger partial charge in [0.05, 0.1) is 0 Å². The summed E-state index contributed by atoms with van der Waals surface area (Å²) in [5.41, 5.74) is 0. The van der Waals surface area contributed by atoms with Gasteiger partial charge in [-0.3, -0.25) is 0 Å². The van der Waals surface area contributed by atoms with Crippen LogP contribution in [0, 0.1) is 6.42 Å². The van der Waals surface area contributed by atoms with Crippen LogP contribution in [0.2, 0.25) is 0 Å². The maximum absolute atomic E-state index is 3.39. The predicted molar refractivity (Wildman–Crippen MR) is 56.1 cm³/mol. The van der Waals surface area contributed by atoms with Gasteiger partial charge in [0.25, 0.3) is 0 Å². The van der Waals surface area contributed by atoms with E-state index in [1.54, 1.807) is 0 Å². The summed E-state index contributed by atoms with van der Waals surface area (Å²) in [5.74, 6) is 0. The first-order valence-electron chi connectivity index (χ1n) is 4.79. The highest BCUT2D eigenvalue weighted by Crippen LogP contribution is 2.08. The Kier molecular flexibility index (Phi) is 10.9. The maximum Gasteiger partial charge on any atom is 0.00626 e. The lowest BCUT2D eigenvalue weighted by Gasteiger charge is -1.98. The molecule has 0 atom stereocenters. The molecule has 0 N–H and O–H groups in total. The average molecular weight is 220 g/mol. The van der Waals surface area contributed by atoms with Crippen molar-refractivity contribution in [3.8, 4) is 0 Å².